The van der Waals surface area contributed by atoms with E-state index in [-0.39, 0.29) is 0 Å². The molecular weight excluding hydrogens is 410 g/mol. The maximum absolute atomic E-state index is 12.0. The zero-order valence-corrected chi connectivity index (χ0v) is 18.5. The van der Waals surface area contributed by atoms with E-state index in [0.29, 0.717) is 59.4 Å². The first-order valence-corrected chi connectivity index (χ1v) is 11.2. The standard InChI is InChI=1S/C20H32N3O6S/c1-21(2)30(24,25)23-9-8-22(19-23)10-11-26-12-13-27-14-15-28-16-17-29-18-20-6-4-3-5-7-20/h3-9,19H,10-18H2,1-2H3/q+1. The molecule has 0 N–H and O–H groups in total. The number of benzene rings is 1. The number of aromatic nitrogens is 2. The summed E-state index contributed by atoms with van der Waals surface area (Å²) >= 11 is 0. The zero-order chi connectivity index (χ0) is 21.7. The third-order valence-corrected chi connectivity index (χ3v) is 5.79. The van der Waals surface area contributed by atoms with E-state index in [2.05, 4.69) is 0 Å². The molecule has 0 aliphatic heterocycles. The van der Waals surface area contributed by atoms with E-state index in [9.17, 15) is 8.42 Å². The summed E-state index contributed by atoms with van der Waals surface area (Å²) in [5, 5.41) is 0. The highest BCUT2D eigenvalue weighted by atomic mass is 32.2. The predicted molar refractivity (Wildman–Crippen MR) is 111 cm³/mol. The lowest BCUT2D eigenvalue weighted by Crippen LogP contribution is -2.35. The van der Waals surface area contributed by atoms with E-state index in [1.165, 1.54) is 30.6 Å². The van der Waals surface area contributed by atoms with Crippen LogP contribution >= 0.6 is 0 Å². The van der Waals surface area contributed by atoms with Gasteiger partial charge < -0.3 is 18.9 Å². The molecule has 1 aromatic heterocycles. The summed E-state index contributed by atoms with van der Waals surface area (Å²) in [5.74, 6) is 0. The Morgan fingerprint density at radius 1 is 0.867 bits per heavy atom. The number of nitrogens with zero attached hydrogens (tertiary/aromatic N) is 3. The van der Waals surface area contributed by atoms with Crippen LogP contribution in [0.15, 0.2) is 49.1 Å². The second-order valence-corrected chi connectivity index (χ2v) is 8.69. The first-order chi connectivity index (χ1) is 14.5. The lowest BCUT2D eigenvalue weighted by Gasteiger charge is -2.07. The van der Waals surface area contributed by atoms with E-state index in [1.807, 2.05) is 30.3 Å². The highest BCUT2D eigenvalue weighted by Gasteiger charge is 2.22. The van der Waals surface area contributed by atoms with Crippen LogP contribution in [0, 0.1) is 0 Å². The van der Waals surface area contributed by atoms with Gasteiger partial charge in [0.2, 0.25) is 0 Å². The van der Waals surface area contributed by atoms with Crippen molar-refractivity contribution in [1.82, 2.24) is 8.28 Å². The van der Waals surface area contributed by atoms with Gasteiger partial charge in [-0.25, -0.2) is 4.57 Å². The SMILES string of the molecule is CN(C)S(=O)(=O)n1cc[n+](CCOCCOCCOCCOCc2ccccc2)c1. The van der Waals surface area contributed by atoms with Gasteiger partial charge in [0.1, 0.15) is 18.9 Å². The van der Waals surface area contributed by atoms with Crippen molar-refractivity contribution < 1.29 is 31.9 Å². The lowest BCUT2D eigenvalue weighted by molar-refractivity contribution is -0.697. The van der Waals surface area contributed by atoms with Crippen LogP contribution in [-0.2, 0) is 42.3 Å². The second-order valence-electron chi connectivity index (χ2n) is 6.65. The average molecular weight is 443 g/mol. The summed E-state index contributed by atoms with van der Waals surface area (Å²) in [4.78, 5) is 0. The normalized spacial score (nSPS) is 12.0. The fourth-order valence-electron chi connectivity index (χ4n) is 2.43. The number of ether oxygens (including phenoxy) is 4. The Balaban J connectivity index is 1.40. The van der Waals surface area contributed by atoms with Crippen LogP contribution in [0.2, 0.25) is 0 Å². The maximum Gasteiger partial charge on any atom is 0.379 e. The van der Waals surface area contributed by atoms with E-state index >= 15 is 0 Å². The fourth-order valence-corrected chi connectivity index (χ4v) is 3.25. The van der Waals surface area contributed by atoms with Gasteiger partial charge >= 0.3 is 10.2 Å². The Morgan fingerprint density at radius 2 is 1.43 bits per heavy atom. The molecular formula is C20H32N3O6S+. The molecule has 9 nitrogen and oxygen atoms in total. The Kier molecular flexibility index (Phi) is 11.0. The van der Waals surface area contributed by atoms with Crippen LogP contribution in [0.5, 0.6) is 0 Å². The molecule has 30 heavy (non-hydrogen) atoms. The number of rotatable bonds is 16. The summed E-state index contributed by atoms with van der Waals surface area (Å²) < 4.78 is 50.0. The monoisotopic (exact) mass is 442 g/mol. The van der Waals surface area contributed by atoms with E-state index in [1.54, 1.807) is 10.8 Å². The van der Waals surface area contributed by atoms with E-state index < -0.39 is 10.2 Å². The summed E-state index contributed by atoms with van der Waals surface area (Å²) in [6.45, 7) is 4.66. The van der Waals surface area contributed by atoms with Gasteiger partial charge in [0.05, 0.1) is 52.9 Å². The minimum atomic E-state index is -3.48. The van der Waals surface area contributed by atoms with Crippen molar-refractivity contribution in [2.75, 3.05) is 60.3 Å². The van der Waals surface area contributed by atoms with Crippen LogP contribution in [0.3, 0.4) is 0 Å². The Morgan fingerprint density at radius 3 is 2.03 bits per heavy atom. The molecule has 0 aliphatic rings. The Labute approximate surface area is 178 Å². The molecule has 2 aromatic rings. The van der Waals surface area contributed by atoms with Gasteiger partial charge in [-0.1, -0.05) is 30.3 Å². The first kappa shape index (κ1) is 24.4. The van der Waals surface area contributed by atoms with Gasteiger partial charge in [-0.2, -0.15) is 12.7 Å². The molecule has 0 atom stereocenters. The van der Waals surface area contributed by atoms with Crippen molar-refractivity contribution in [1.29, 1.82) is 0 Å². The maximum atomic E-state index is 12.0. The van der Waals surface area contributed by atoms with Crippen molar-refractivity contribution in [3.63, 3.8) is 0 Å². The zero-order valence-electron chi connectivity index (χ0n) is 17.7. The Hall–Kier alpha value is -1.82. The van der Waals surface area contributed by atoms with Gasteiger partial charge in [-0.15, -0.1) is 3.97 Å². The Bertz CT molecular complexity index is 811. The molecule has 0 amide bonds. The summed E-state index contributed by atoms with van der Waals surface area (Å²) in [6.07, 6.45) is 4.73. The highest BCUT2D eigenvalue weighted by Crippen LogP contribution is 2.00. The van der Waals surface area contributed by atoms with Crippen LogP contribution in [0.25, 0.3) is 0 Å². The average Bonchev–Trinajstić information content (AvgIpc) is 3.22. The molecule has 0 saturated carbocycles. The molecule has 0 saturated heterocycles. The molecule has 0 radical (unpaired) electrons. The molecule has 2 rings (SSSR count). The molecule has 0 aliphatic carbocycles. The van der Waals surface area contributed by atoms with E-state index in [0.717, 1.165) is 9.87 Å². The third-order valence-electron chi connectivity index (χ3n) is 4.12. The van der Waals surface area contributed by atoms with Gasteiger partial charge in [-0.05, 0) is 5.56 Å². The van der Waals surface area contributed by atoms with Gasteiger partial charge in [-0.3, -0.25) is 0 Å². The summed E-state index contributed by atoms with van der Waals surface area (Å²) in [5.41, 5.74) is 1.15. The number of imidazole rings is 1. The number of hydrogen-bond donors (Lipinski definition) is 0. The van der Waals surface area contributed by atoms with Crippen LogP contribution in [0.4, 0.5) is 0 Å². The molecule has 10 heteroatoms. The topological polar surface area (TPSA) is 83.1 Å². The lowest BCUT2D eigenvalue weighted by atomic mass is 10.2. The van der Waals surface area contributed by atoms with Crippen LogP contribution in [-0.4, -0.2) is 77.0 Å². The molecule has 0 fully saturated rings. The predicted octanol–water partition coefficient (Wildman–Crippen LogP) is 0.697. The largest absolute Gasteiger partial charge is 0.379 e. The third kappa shape index (κ3) is 8.90. The number of hydrogen-bond acceptors (Lipinski definition) is 6. The molecule has 0 spiro atoms. The van der Waals surface area contributed by atoms with Crippen molar-refractivity contribution in [3.8, 4) is 0 Å². The summed E-state index contributed by atoms with van der Waals surface area (Å²) in [7, 11) is -0.489. The molecule has 168 valence electrons. The fraction of sp³-hybridized carbons (Fsp3) is 0.550. The smallest absolute Gasteiger partial charge is 0.377 e. The minimum absolute atomic E-state index is 0.468. The molecule has 0 unspecified atom stereocenters. The first-order valence-electron chi connectivity index (χ1n) is 9.85. The van der Waals surface area contributed by atoms with Gasteiger partial charge in [0.15, 0.2) is 0 Å². The van der Waals surface area contributed by atoms with Gasteiger partial charge in [0.25, 0.3) is 6.33 Å². The van der Waals surface area contributed by atoms with Gasteiger partial charge in [0, 0.05) is 14.1 Å². The van der Waals surface area contributed by atoms with Crippen molar-refractivity contribution in [2.45, 2.75) is 13.2 Å². The van der Waals surface area contributed by atoms with Crippen LogP contribution in [0.1, 0.15) is 5.56 Å². The van der Waals surface area contributed by atoms with Crippen molar-refractivity contribution in [3.05, 3.63) is 54.6 Å². The molecule has 1 aromatic carbocycles. The highest BCUT2D eigenvalue weighted by molar-refractivity contribution is 7.87. The van der Waals surface area contributed by atoms with Crippen LogP contribution < -0.4 is 4.57 Å². The quantitative estimate of drug-likeness (QED) is 0.281. The molecule has 1 heterocycles. The van der Waals surface area contributed by atoms with E-state index in [4.69, 9.17) is 18.9 Å². The second kappa shape index (κ2) is 13.5. The molecule has 0 bridgehead atoms. The van der Waals surface area contributed by atoms with Crippen molar-refractivity contribution in [2.24, 2.45) is 0 Å². The van der Waals surface area contributed by atoms with Crippen molar-refractivity contribution >= 4 is 10.2 Å². The minimum Gasteiger partial charge on any atom is -0.377 e. The summed E-state index contributed by atoms with van der Waals surface area (Å²) in [6, 6.07) is 10.0.